The molecule has 0 saturated heterocycles. The topological polar surface area (TPSA) is 92.8 Å². The Morgan fingerprint density at radius 1 is 0.935 bits per heavy atom. The van der Waals surface area contributed by atoms with Crippen LogP contribution in [0.4, 0.5) is 11.4 Å². The van der Waals surface area contributed by atoms with E-state index in [-0.39, 0.29) is 5.78 Å². The van der Waals surface area contributed by atoms with Crippen LogP contribution in [-0.2, 0) is 14.8 Å². The molecule has 0 aliphatic carbocycles. The van der Waals surface area contributed by atoms with Gasteiger partial charge in [0.2, 0.25) is 15.9 Å². The second-order valence-corrected chi connectivity index (χ2v) is 8.67. The predicted octanol–water partition coefficient (Wildman–Crippen LogP) is 3.33. The zero-order chi connectivity index (χ0) is 22.4. The van der Waals surface area contributed by atoms with E-state index in [1.165, 1.54) is 13.2 Å². The number of sulfonamides is 1. The summed E-state index contributed by atoms with van der Waals surface area (Å²) in [6.07, 6.45) is 1.02. The summed E-state index contributed by atoms with van der Waals surface area (Å²) in [6.45, 7) is -0.458. The van der Waals surface area contributed by atoms with E-state index in [0.29, 0.717) is 28.3 Å². The van der Waals surface area contributed by atoms with E-state index in [1.54, 1.807) is 66.7 Å². The largest absolute Gasteiger partial charge is 0.497 e. The van der Waals surface area contributed by atoms with Crippen molar-refractivity contribution in [2.24, 2.45) is 0 Å². The lowest BCUT2D eigenvalue weighted by molar-refractivity contribution is -0.114. The number of nitrogens with zero attached hydrogens (tertiary/aromatic N) is 1. The molecule has 1 amide bonds. The highest BCUT2D eigenvalue weighted by molar-refractivity contribution is 7.92. The normalized spacial score (nSPS) is 10.9. The molecule has 0 spiro atoms. The number of carbonyl (C=O) groups is 2. The highest BCUT2D eigenvalue weighted by atomic mass is 32.2. The second-order valence-electron chi connectivity index (χ2n) is 6.76. The molecule has 0 aromatic heterocycles. The van der Waals surface area contributed by atoms with Gasteiger partial charge in [0.25, 0.3) is 0 Å². The first-order valence-electron chi connectivity index (χ1n) is 9.40. The Kier molecular flexibility index (Phi) is 6.71. The van der Waals surface area contributed by atoms with Gasteiger partial charge in [-0.25, -0.2) is 8.42 Å². The lowest BCUT2D eigenvalue weighted by Gasteiger charge is -2.22. The minimum Gasteiger partial charge on any atom is -0.497 e. The minimum absolute atomic E-state index is 0.246. The molecule has 0 aliphatic heterocycles. The Morgan fingerprint density at radius 2 is 1.61 bits per heavy atom. The van der Waals surface area contributed by atoms with E-state index in [0.717, 1.165) is 10.6 Å². The first-order valence-corrected chi connectivity index (χ1v) is 11.2. The number of methoxy groups -OCH3 is 1. The summed E-state index contributed by atoms with van der Waals surface area (Å²) in [4.78, 5) is 25.6. The van der Waals surface area contributed by atoms with Crippen LogP contribution in [0.15, 0.2) is 78.9 Å². The Labute approximate surface area is 181 Å². The van der Waals surface area contributed by atoms with Gasteiger partial charge in [-0.15, -0.1) is 0 Å². The Balaban J connectivity index is 1.85. The molecule has 0 heterocycles. The third-order valence-electron chi connectivity index (χ3n) is 4.51. The predicted molar refractivity (Wildman–Crippen MR) is 120 cm³/mol. The van der Waals surface area contributed by atoms with Gasteiger partial charge in [0, 0.05) is 17.2 Å². The zero-order valence-electron chi connectivity index (χ0n) is 17.1. The molecule has 3 aromatic carbocycles. The quantitative estimate of drug-likeness (QED) is 0.545. The van der Waals surface area contributed by atoms with E-state index in [4.69, 9.17) is 4.74 Å². The Bertz CT molecular complexity index is 1190. The van der Waals surface area contributed by atoms with E-state index in [2.05, 4.69) is 5.32 Å². The molecule has 0 aliphatic rings. The van der Waals surface area contributed by atoms with Crippen LogP contribution < -0.4 is 14.4 Å². The number of benzene rings is 3. The van der Waals surface area contributed by atoms with Crippen LogP contribution in [0.3, 0.4) is 0 Å². The van der Waals surface area contributed by atoms with Crippen molar-refractivity contribution in [2.75, 3.05) is 29.5 Å². The SMILES string of the molecule is COc1cccc(N(CC(=O)Nc2ccccc2C(=O)c2ccccc2)S(C)(=O)=O)c1. The summed E-state index contributed by atoms with van der Waals surface area (Å²) in [5, 5.41) is 2.66. The summed E-state index contributed by atoms with van der Waals surface area (Å²) in [5.74, 6) is -0.365. The maximum Gasteiger partial charge on any atom is 0.245 e. The molecule has 7 nitrogen and oxygen atoms in total. The van der Waals surface area contributed by atoms with Crippen molar-refractivity contribution >= 4 is 33.1 Å². The average Bonchev–Trinajstić information content (AvgIpc) is 2.77. The van der Waals surface area contributed by atoms with Crippen LogP contribution in [0.2, 0.25) is 0 Å². The summed E-state index contributed by atoms with van der Waals surface area (Å²) in [5.41, 5.74) is 1.40. The molecule has 0 saturated carbocycles. The van der Waals surface area contributed by atoms with Crippen molar-refractivity contribution in [3.8, 4) is 5.75 Å². The molecule has 3 aromatic rings. The first-order chi connectivity index (χ1) is 14.8. The average molecular weight is 439 g/mol. The van der Waals surface area contributed by atoms with E-state index < -0.39 is 22.5 Å². The summed E-state index contributed by atoms with van der Waals surface area (Å²) >= 11 is 0. The van der Waals surface area contributed by atoms with E-state index in [1.807, 2.05) is 6.07 Å². The molecule has 3 rings (SSSR count). The van der Waals surface area contributed by atoms with Gasteiger partial charge in [0.05, 0.1) is 24.7 Å². The van der Waals surface area contributed by atoms with Crippen molar-refractivity contribution < 1.29 is 22.7 Å². The monoisotopic (exact) mass is 438 g/mol. The molecular weight excluding hydrogens is 416 g/mol. The van der Waals surface area contributed by atoms with Gasteiger partial charge in [0.15, 0.2) is 5.78 Å². The zero-order valence-corrected chi connectivity index (χ0v) is 17.9. The number of hydrogen-bond acceptors (Lipinski definition) is 5. The highest BCUT2D eigenvalue weighted by Crippen LogP contribution is 2.24. The fourth-order valence-corrected chi connectivity index (χ4v) is 3.87. The number of amides is 1. The smallest absolute Gasteiger partial charge is 0.245 e. The number of ether oxygens (including phenoxy) is 1. The molecule has 0 bridgehead atoms. The minimum atomic E-state index is -3.75. The molecule has 0 radical (unpaired) electrons. The maximum absolute atomic E-state index is 12.9. The van der Waals surface area contributed by atoms with Gasteiger partial charge in [-0.2, -0.15) is 0 Å². The standard InChI is InChI=1S/C23H22N2O5S/c1-30-19-12-8-11-18(15-19)25(31(2,28)29)16-22(26)24-21-14-7-6-13-20(21)23(27)17-9-4-3-5-10-17/h3-15H,16H2,1-2H3,(H,24,26). The third kappa shape index (κ3) is 5.49. The Morgan fingerprint density at radius 3 is 2.29 bits per heavy atom. The number of hydrogen-bond donors (Lipinski definition) is 1. The van der Waals surface area contributed by atoms with Crippen LogP contribution in [0.25, 0.3) is 0 Å². The number of ketones is 1. The molecule has 31 heavy (non-hydrogen) atoms. The summed E-state index contributed by atoms with van der Waals surface area (Å²) in [7, 11) is -2.28. The van der Waals surface area contributed by atoms with Crippen LogP contribution in [0, 0.1) is 0 Å². The highest BCUT2D eigenvalue weighted by Gasteiger charge is 2.22. The van der Waals surface area contributed by atoms with E-state index in [9.17, 15) is 18.0 Å². The maximum atomic E-state index is 12.9. The number of para-hydroxylation sites is 1. The van der Waals surface area contributed by atoms with Crippen LogP contribution in [0.5, 0.6) is 5.75 Å². The third-order valence-corrected chi connectivity index (χ3v) is 5.65. The molecule has 8 heteroatoms. The number of anilines is 2. The summed E-state index contributed by atoms with van der Waals surface area (Å²) in [6, 6.07) is 21.7. The number of carbonyl (C=O) groups excluding carboxylic acids is 2. The summed E-state index contributed by atoms with van der Waals surface area (Å²) < 4.78 is 30.8. The van der Waals surface area contributed by atoms with Crippen LogP contribution >= 0.6 is 0 Å². The molecule has 1 N–H and O–H groups in total. The van der Waals surface area contributed by atoms with Crippen LogP contribution in [-0.4, -0.2) is 40.0 Å². The fourth-order valence-electron chi connectivity index (χ4n) is 3.02. The van der Waals surface area contributed by atoms with Gasteiger partial charge in [0.1, 0.15) is 12.3 Å². The van der Waals surface area contributed by atoms with Gasteiger partial charge >= 0.3 is 0 Å². The van der Waals surface area contributed by atoms with Crippen molar-refractivity contribution in [1.82, 2.24) is 0 Å². The van der Waals surface area contributed by atoms with Gasteiger partial charge in [-0.1, -0.05) is 48.5 Å². The lowest BCUT2D eigenvalue weighted by atomic mass is 10.0. The van der Waals surface area contributed by atoms with Crippen molar-refractivity contribution in [1.29, 1.82) is 0 Å². The molecule has 0 atom stereocenters. The lowest BCUT2D eigenvalue weighted by Crippen LogP contribution is -2.37. The number of nitrogens with one attached hydrogen (secondary N) is 1. The first kappa shape index (κ1) is 22.0. The van der Waals surface area contributed by atoms with Gasteiger partial charge in [-0.3, -0.25) is 13.9 Å². The van der Waals surface area contributed by atoms with Crippen LogP contribution in [0.1, 0.15) is 15.9 Å². The van der Waals surface area contributed by atoms with Gasteiger partial charge in [-0.05, 0) is 24.3 Å². The van der Waals surface area contributed by atoms with E-state index >= 15 is 0 Å². The van der Waals surface area contributed by atoms with Gasteiger partial charge < -0.3 is 10.1 Å². The molecule has 0 fully saturated rings. The fraction of sp³-hybridized carbons (Fsp3) is 0.130. The van der Waals surface area contributed by atoms with Crippen molar-refractivity contribution in [3.05, 3.63) is 90.0 Å². The molecular formula is C23H22N2O5S. The Hall–Kier alpha value is -3.65. The molecule has 0 unspecified atom stereocenters. The number of rotatable bonds is 8. The molecule has 160 valence electrons. The van der Waals surface area contributed by atoms with Crippen molar-refractivity contribution in [3.63, 3.8) is 0 Å². The van der Waals surface area contributed by atoms with Crippen molar-refractivity contribution in [2.45, 2.75) is 0 Å². The second kappa shape index (κ2) is 9.44.